The second kappa shape index (κ2) is 6.52. The quantitative estimate of drug-likeness (QED) is 0.393. The van der Waals surface area contributed by atoms with Crippen molar-refractivity contribution in [1.29, 1.82) is 0 Å². The molecule has 0 bridgehead atoms. The summed E-state index contributed by atoms with van der Waals surface area (Å²) in [6.45, 7) is 2.04. The molecule has 0 radical (unpaired) electrons. The molecule has 0 saturated carbocycles. The van der Waals surface area contributed by atoms with Crippen molar-refractivity contribution in [2.24, 2.45) is 0 Å². The van der Waals surface area contributed by atoms with E-state index in [1.165, 1.54) is 6.20 Å². The van der Waals surface area contributed by atoms with E-state index in [1.54, 1.807) is 19.4 Å². The van der Waals surface area contributed by atoms with Gasteiger partial charge in [-0.2, -0.15) is 0 Å². The van der Waals surface area contributed by atoms with Gasteiger partial charge in [0.2, 0.25) is 0 Å². The molecule has 82 valence electrons. The molecule has 0 fully saturated rings. The van der Waals surface area contributed by atoms with Crippen molar-refractivity contribution < 1.29 is 14.8 Å². The third-order valence-electron chi connectivity index (χ3n) is 1.93. The number of aromatic nitrogens is 1. The highest BCUT2D eigenvalue weighted by Crippen LogP contribution is 1.93. The molecule has 0 aliphatic rings. The molecular formula is C9H15BN2O3. The number of nitrogens with one attached hydrogen (secondary N) is 1. The fourth-order valence-electron chi connectivity index (χ4n) is 1.15. The normalized spacial score (nSPS) is 10.3. The van der Waals surface area contributed by atoms with Crippen LogP contribution in [0.15, 0.2) is 18.5 Å². The van der Waals surface area contributed by atoms with E-state index in [0.29, 0.717) is 18.6 Å². The van der Waals surface area contributed by atoms with E-state index >= 15 is 0 Å². The van der Waals surface area contributed by atoms with Gasteiger partial charge in [-0.05, 0) is 5.56 Å². The van der Waals surface area contributed by atoms with E-state index in [4.69, 9.17) is 14.8 Å². The Kier molecular flexibility index (Phi) is 5.27. The van der Waals surface area contributed by atoms with Gasteiger partial charge < -0.3 is 20.1 Å². The summed E-state index contributed by atoms with van der Waals surface area (Å²) in [5.74, 6) is 0. The second-order valence-electron chi connectivity index (χ2n) is 3.17. The van der Waals surface area contributed by atoms with Gasteiger partial charge in [-0.15, -0.1) is 0 Å². The van der Waals surface area contributed by atoms with Crippen molar-refractivity contribution in [3.05, 3.63) is 24.0 Å². The van der Waals surface area contributed by atoms with Crippen molar-refractivity contribution in [2.75, 3.05) is 20.3 Å². The Morgan fingerprint density at radius 3 is 2.93 bits per heavy atom. The van der Waals surface area contributed by atoms with Crippen LogP contribution in [0.1, 0.15) is 5.56 Å². The molecule has 5 nitrogen and oxygen atoms in total. The maximum absolute atomic E-state index is 8.93. The van der Waals surface area contributed by atoms with Crippen LogP contribution < -0.4 is 10.8 Å². The molecular weight excluding hydrogens is 195 g/mol. The molecule has 15 heavy (non-hydrogen) atoms. The van der Waals surface area contributed by atoms with Crippen molar-refractivity contribution in [2.45, 2.75) is 6.54 Å². The van der Waals surface area contributed by atoms with Crippen LogP contribution >= 0.6 is 0 Å². The molecule has 0 spiro atoms. The van der Waals surface area contributed by atoms with Crippen molar-refractivity contribution in [3.8, 4) is 0 Å². The zero-order chi connectivity index (χ0) is 11.1. The first-order valence-electron chi connectivity index (χ1n) is 4.73. The highest BCUT2D eigenvalue weighted by atomic mass is 16.5. The van der Waals surface area contributed by atoms with Gasteiger partial charge in [-0.3, -0.25) is 4.98 Å². The Balaban J connectivity index is 2.43. The van der Waals surface area contributed by atoms with Gasteiger partial charge in [0.15, 0.2) is 0 Å². The number of methoxy groups -OCH3 is 1. The first-order chi connectivity index (χ1) is 7.24. The first kappa shape index (κ1) is 12.1. The van der Waals surface area contributed by atoms with Crippen LogP contribution in [0.2, 0.25) is 0 Å². The Hall–Kier alpha value is -0.945. The Morgan fingerprint density at radius 2 is 2.27 bits per heavy atom. The SMILES string of the molecule is COCCNCc1cncc(B(O)O)c1. The largest absolute Gasteiger partial charge is 0.490 e. The van der Waals surface area contributed by atoms with E-state index in [0.717, 1.165) is 12.1 Å². The van der Waals surface area contributed by atoms with Crippen LogP contribution in [0.4, 0.5) is 0 Å². The van der Waals surface area contributed by atoms with Crippen molar-refractivity contribution in [1.82, 2.24) is 10.3 Å². The van der Waals surface area contributed by atoms with Crippen LogP contribution in [0.25, 0.3) is 0 Å². The highest BCUT2D eigenvalue weighted by Gasteiger charge is 2.11. The standard InChI is InChI=1S/C9H15BN2O3/c1-15-3-2-11-5-8-4-9(10(13)14)7-12-6-8/h4,6-7,11,13-14H,2-3,5H2,1H3. The molecule has 0 amide bonds. The maximum atomic E-state index is 8.93. The summed E-state index contributed by atoms with van der Waals surface area (Å²) in [5.41, 5.74) is 1.32. The van der Waals surface area contributed by atoms with E-state index < -0.39 is 7.12 Å². The third kappa shape index (κ3) is 4.39. The molecule has 6 heteroatoms. The Bertz CT molecular complexity index is 296. The average Bonchev–Trinajstić information content (AvgIpc) is 2.25. The predicted octanol–water partition coefficient (Wildman–Crippen LogP) is -1.50. The third-order valence-corrected chi connectivity index (χ3v) is 1.93. The lowest BCUT2D eigenvalue weighted by molar-refractivity contribution is 0.199. The van der Waals surface area contributed by atoms with E-state index in [-0.39, 0.29) is 0 Å². The van der Waals surface area contributed by atoms with E-state index in [2.05, 4.69) is 10.3 Å². The molecule has 1 aromatic heterocycles. The summed E-state index contributed by atoms with van der Waals surface area (Å²) < 4.78 is 4.88. The molecule has 0 unspecified atom stereocenters. The molecule has 1 rings (SSSR count). The minimum absolute atomic E-state index is 0.404. The Morgan fingerprint density at radius 1 is 1.47 bits per heavy atom. The van der Waals surface area contributed by atoms with Crippen LogP contribution in [0.5, 0.6) is 0 Å². The van der Waals surface area contributed by atoms with Gasteiger partial charge in [0.25, 0.3) is 0 Å². The molecule has 1 heterocycles. The maximum Gasteiger partial charge on any atom is 0.490 e. The summed E-state index contributed by atoms with van der Waals surface area (Å²) >= 11 is 0. The molecule has 1 aromatic rings. The lowest BCUT2D eigenvalue weighted by Crippen LogP contribution is -2.31. The van der Waals surface area contributed by atoms with Crippen molar-refractivity contribution in [3.63, 3.8) is 0 Å². The van der Waals surface area contributed by atoms with Gasteiger partial charge in [0, 0.05) is 38.1 Å². The summed E-state index contributed by atoms with van der Waals surface area (Å²) in [4.78, 5) is 3.91. The fraction of sp³-hybridized carbons (Fsp3) is 0.444. The van der Waals surface area contributed by atoms with Crippen LogP contribution in [-0.2, 0) is 11.3 Å². The van der Waals surface area contributed by atoms with Gasteiger partial charge >= 0.3 is 7.12 Å². The summed E-state index contributed by atoms with van der Waals surface area (Å²) in [6.07, 6.45) is 3.12. The van der Waals surface area contributed by atoms with Crippen LogP contribution in [0, 0.1) is 0 Å². The number of nitrogens with zero attached hydrogens (tertiary/aromatic N) is 1. The molecule has 0 saturated heterocycles. The molecule has 0 aliphatic heterocycles. The monoisotopic (exact) mass is 210 g/mol. The summed E-state index contributed by atoms with van der Waals surface area (Å²) in [5, 5.41) is 21.0. The van der Waals surface area contributed by atoms with E-state index in [9.17, 15) is 0 Å². The van der Waals surface area contributed by atoms with Crippen LogP contribution in [-0.4, -0.2) is 42.4 Å². The van der Waals surface area contributed by atoms with Gasteiger partial charge in [-0.25, -0.2) is 0 Å². The second-order valence-corrected chi connectivity index (χ2v) is 3.17. The number of ether oxygens (including phenoxy) is 1. The zero-order valence-electron chi connectivity index (χ0n) is 8.68. The topological polar surface area (TPSA) is 74.6 Å². The number of pyridine rings is 1. The number of rotatable bonds is 6. The molecule has 0 aromatic carbocycles. The van der Waals surface area contributed by atoms with Crippen LogP contribution in [0.3, 0.4) is 0 Å². The first-order valence-corrected chi connectivity index (χ1v) is 4.73. The summed E-state index contributed by atoms with van der Waals surface area (Å²) in [7, 11) is 0.183. The summed E-state index contributed by atoms with van der Waals surface area (Å²) in [6, 6.07) is 1.71. The van der Waals surface area contributed by atoms with Gasteiger partial charge in [-0.1, -0.05) is 6.07 Å². The van der Waals surface area contributed by atoms with E-state index in [1.807, 2.05) is 0 Å². The van der Waals surface area contributed by atoms with Crippen molar-refractivity contribution >= 4 is 12.6 Å². The lowest BCUT2D eigenvalue weighted by atomic mass is 9.81. The molecule has 0 aliphatic carbocycles. The minimum Gasteiger partial charge on any atom is -0.423 e. The zero-order valence-corrected chi connectivity index (χ0v) is 8.68. The Labute approximate surface area is 89.3 Å². The van der Waals surface area contributed by atoms with Gasteiger partial charge in [0.05, 0.1) is 6.61 Å². The minimum atomic E-state index is -1.46. The smallest absolute Gasteiger partial charge is 0.423 e. The fourth-order valence-corrected chi connectivity index (χ4v) is 1.15. The number of hydrogen-bond donors (Lipinski definition) is 3. The molecule has 0 atom stereocenters. The highest BCUT2D eigenvalue weighted by molar-refractivity contribution is 6.58. The predicted molar refractivity (Wildman–Crippen MR) is 57.6 cm³/mol. The lowest BCUT2D eigenvalue weighted by Gasteiger charge is -2.05. The average molecular weight is 210 g/mol. The number of hydrogen-bond acceptors (Lipinski definition) is 5. The molecule has 3 N–H and O–H groups in total. The van der Waals surface area contributed by atoms with Gasteiger partial charge in [0.1, 0.15) is 0 Å².